The number of hydrogen-bond donors (Lipinski definition) is 2. The number of rotatable bonds is 6. The highest BCUT2D eigenvalue weighted by Gasteiger charge is 2.13. The molecule has 0 fully saturated rings. The molecule has 0 unspecified atom stereocenters. The van der Waals surface area contributed by atoms with Gasteiger partial charge < -0.3 is 14.9 Å². The number of aromatic hydroxyl groups is 2. The molecule has 0 spiro atoms. The molecule has 2 N–H and O–H groups in total. The highest BCUT2D eigenvalue weighted by atomic mass is 16.5. The summed E-state index contributed by atoms with van der Waals surface area (Å²) < 4.78 is 5.25. The van der Waals surface area contributed by atoms with E-state index in [4.69, 9.17) is 4.74 Å². The third kappa shape index (κ3) is 3.14. The Kier molecular flexibility index (Phi) is 4.89. The molecule has 0 saturated carbocycles. The Hall–Kier alpha value is -2.68. The van der Waals surface area contributed by atoms with E-state index in [2.05, 4.69) is 13.2 Å². The zero-order chi connectivity index (χ0) is 16.1. The third-order valence-electron chi connectivity index (χ3n) is 3.49. The number of phenolic OH excluding ortho intramolecular Hbond substituents is 2. The molecule has 3 heteroatoms. The number of benzene rings is 2. The summed E-state index contributed by atoms with van der Waals surface area (Å²) in [7, 11) is 1.52. The zero-order valence-electron chi connectivity index (χ0n) is 12.7. The lowest BCUT2D eigenvalue weighted by atomic mass is 9.97. The molecule has 0 aliphatic carbocycles. The van der Waals surface area contributed by atoms with Gasteiger partial charge in [-0.05, 0) is 53.8 Å². The van der Waals surface area contributed by atoms with E-state index < -0.39 is 0 Å². The van der Waals surface area contributed by atoms with Crippen molar-refractivity contribution in [3.63, 3.8) is 0 Å². The predicted octanol–water partition coefficient (Wildman–Crippen LogP) is 4.23. The second-order valence-electron chi connectivity index (χ2n) is 5.02. The van der Waals surface area contributed by atoms with Gasteiger partial charge in [-0.15, -0.1) is 13.2 Å². The minimum Gasteiger partial charge on any atom is -0.508 e. The molecule has 114 valence electrons. The molecule has 0 aliphatic rings. The van der Waals surface area contributed by atoms with Gasteiger partial charge >= 0.3 is 0 Å². The van der Waals surface area contributed by atoms with Gasteiger partial charge in [-0.3, -0.25) is 0 Å². The van der Waals surface area contributed by atoms with E-state index in [1.807, 2.05) is 12.1 Å². The van der Waals surface area contributed by atoms with Gasteiger partial charge in [-0.1, -0.05) is 18.2 Å². The summed E-state index contributed by atoms with van der Waals surface area (Å²) in [4.78, 5) is 0. The fourth-order valence-corrected chi connectivity index (χ4v) is 2.40. The molecule has 3 nitrogen and oxygen atoms in total. The molecule has 2 aromatic carbocycles. The lowest BCUT2D eigenvalue weighted by Gasteiger charge is -2.13. The number of allylic oxidation sites excluding steroid dienone is 2. The minimum absolute atomic E-state index is 0.0885. The molecule has 0 bridgehead atoms. The topological polar surface area (TPSA) is 49.7 Å². The average molecular weight is 296 g/mol. The Morgan fingerprint density at radius 2 is 1.77 bits per heavy atom. The van der Waals surface area contributed by atoms with Crippen molar-refractivity contribution in [2.24, 2.45) is 0 Å². The van der Waals surface area contributed by atoms with Crippen LogP contribution in [0.15, 0.2) is 55.6 Å². The van der Waals surface area contributed by atoms with Gasteiger partial charge in [0.05, 0.1) is 7.11 Å². The van der Waals surface area contributed by atoms with Crippen LogP contribution in [-0.2, 0) is 12.8 Å². The van der Waals surface area contributed by atoms with Gasteiger partial charge in [0.1, 0.15) is 5.75 Å². The average Bonchev–Trinajstić information content (AvgIpc) is 2.51. The van der Waals surface area contributed by atoms with Gasteiger partial charge in [0.25, 0.3) is 0 Å². The molecule has 0 heterocycles. The van der Waals surface area contributed by atoms with E-state index in [0.29, 0.717) is 24.2 Å². The summed E-state index contributed by atoms with van der Waals surface area (Å²) >= 11 is 0. The van der Waals surface area contributed by atoms with Crippen molar-refractivity contribution in [3.8, 4) is 28.4 Å². The highest BCUT2D eigenvalue weighted by molar-refractivity contribution is 5.75. The van der Waals surface area contributed by atoms with Crippen LogP contribution in [0.5, 0.6) is 17.2 Å². The normalized spacial score (nSPS) is 10.2. The smallest absolute Gasteiger partial charge is 0.165 e. The minimum atomic E-state index is 0.0885. The molecule has 0 aliphatic heterocycles. The fourth-order valence-electron chi connectivity index (χ4n) is 2.40. The van der Waals surface area contributed by atoms with Gasteiger partial charge in [0.15, 0.2) is 11.5 Å². The van der Waals surface area contributed by atoms with Crippen LogP contribution in [0.1, 0.15) is 11.1 Å². The molecule has 0 aromatic heterocycles. The number of hydrogen-bond acceptors (Lipinski definition) is 3. The fraction of sp³-hybridized carbons (Fsp3) is 0.158. The molecule has 0 radical (unpaired) electrons. The Balaban J connectivity index is 2.60. The second-order valence-corrected chi connectivity index (χ2v) is 5.02. The summed E-state index contributed by atoms with van der Waals surface area (Å²) in [6, 6.07) is 8.95. The van der Waals surface area contributed by atoms with E-state index in [0.717, 1.165) is 16.7 Å². The molecule has 0 amide bonds. The maximum absolute atomic E-state index is 10.4. The molecular formula is C19H20O3. The quantitative estimate of drug-likeness (QED) is 0.784. The van der Waals surface area contributed by atoms with Crippen LogP contribution in [-0.4, -0.2) is 17.3 Å². The van der Waals surface area contributed by atoms with E-state index >= 15 is 0 Å². The summed E-state index contributed by atoms with van der Waals surface area (Å²) in [5, 5.41) is 20.3. The summed E-state index contributed by atoms with van der Waals surface area (Å²) in [5.74, 6) is 0.732. The van der Waals surface area contributed by atoms with Gasteiger partial charge in [-0.25, -0.2) is 0 Å². The molecule has 2 rings (SSSR count). The first-order chi connectivity index (χ1) is 10.6. The van der Waals surface area contributed by atoms with E-state index in [1.165, 1.54) is 7.11 Å². The Morgan fingerprint density at radius 3 is 2.41 bits per heavy atom. The van der Waals surface area contributed by atoms with Crippen molar-refractivity contribution >= 4 is 0 Å². The summed E-state index contributed by atoms with van der Waals surface area (Å²) in [5.41, 5.74) is 3.25. The Morgan fingerprint density at radius 1 is 1.05 bits per heavy atom. The molecule has 0 atom stereocenters. The van der Waals surface area contributed by atoms with Crippen LogP contribution in [0, 0.1) is 0 Å². The van der Waals surface area contributed by atoms with Crippen molar-refractivity contribution in [1.82, 2.24) is 0 Å². The van der Waals surface area contributed by atoms with Gasteiger partial charge in [-0.2, -0.15) is 0 Å². The van der Waals surface area contributed by atoms with Crippen LogP contribution in [0.4, 0.5) is 0 Å². The van der Waals surface area contributed by atoms with Crippen molar-refractivity contribution in [1.29, 1.82) is 0 Å². The Labute approximate surface area is 130 Å². The Bertz CT molecular complexity index is 702. The van der Waals surface area contributed by atoms with E-state index in [9.17, 15) is 10.2 Å². The first-order valence-electron chi connectivity index (χ1n) is 7.04. The van der Waals surface area contributed by atoms with Crippen molar-refractivity contribution in [3.05, 3.63) is 66.8 Å². The highest BCUT2D eigenvalue weighted by Crippen LogP contribution is 2.39. The van der Waals surface area contributed by atoms with Crippen LogP contribution in [0.3, 0.4) is 0 Å². The summed E-state index contributed by atoms with van der Waals surface area (Å²) in [6.07, 6.45) is 4.77. The van der Waals surface area contributed by atoms with Crippen LogP contribution < -0.4 is 4.74 Å². The maximum atomic E-state index is 10.4. The SMILES string of the molecule is C=CCc1cc(OC)c(O)c(-c2ccc(O)c(CC=C)c2)c1. The van der Waals surface area contributed by atoms with E-state index in [-0.39, 0.29) is 11.5 Å². The zero-order valence-corrected chi connectivity index (χ0v) is 12.7. The largest absolute Gasteiger partial charge is 0.508 e. The second kappa shape index (κ2) is 6.85. The standard InChI is InChI=1S/C19H20O3/c1-4-6-13-10-16(19(21)18(11-13)22-3)14-8-9-17(20)15(12-14)7-5-2/h4-5,8-12,20-21H,1-2,6-7H2,3H3. The first-order valence-corrected chi connectivity index (χ1v) is 7.04. The maximum Gasteiger partial charge on any atom is 0.165 e. The van der Waals surface area contributed by atoms with Crippen LogP contribution in [0.2, 0.25) is 0 Å². The molecule has 2 aromatic rings. The molecule has 22 heavy (non-hydrogen) atoms. The lowest BCUT2D eigenvalue weighted by molar-refractivity contribution is 0.374. The van der Waals surface area contributed by atoms with Crippen LogP contribution in [0.25, 0.3) is 11.1 Å². The van der Waals surface area contributed by atoms with Crippen LogP contribution >= 0.6 is 0 Å². The van der Waals surface area contributed by atoms with Crippen molar-refractivity contribution in [2.75, 3.05) is 7.11 Å². The number of ether oxygens (including phenoxy) is 1. The third-order valence-corrected chi connectivity index (χ3v) is 3.49. The molecular weight excluding hydrogens is 276 g/mol. The van der Waals surface area contributed by atoms with Gasteiger partial charge in [0, 0.05) is 5.56 Å². The van der Waals surface area contributed by atoms with E-state index in [1.54, 1.807) is 30.4 Å². The monoisotopic (exact) mass is 296 g/mol. The van der Waals surface area contributed by atoms with Crippen molar-refractivity contribution < 1.29 is 14.9 Å². The number of methoxy groups -OCH3 is 1. The lowest BCUT2D eigenvalue weighted by Crippen LogP contribution is -1.92. The first kappa shape index (κ1) is 15.7. The summed E-state index contributed by atoms with van der Waals surface area (Å²) in [6.45, 7) is 7.43. The number of phenols is 2. The van der Waals surface area contributed by atoms with Gasteiger partial charge in [0.2, 0.25) is 0 Å². The van der Waals surface area contributed by atoms with Crippen molar-refractivity contribution in [2.45, 2.75) is 12.8 Å². The predicted molar refractivity (Wildman–Crippen MR) is 89.6 cm³/mol. The molecule has 0 saturated heterocycles.